The zero-order chi connectivity index (χ0) is 13.3. The summed E-state index contributed by atoms with van der Waals surface area (Å²) in [5.74, 6) is -2.02. The Kier molecular flexibility index (Phi) is 3.07. The molecule has 1 amide bonds. The molecule has 0 saturated heterocycles. The molecule has 98 valence electrons. The maximum atomic E-state index is 11.6. The van der Waals surface area contributed by atoms with Crippen LogP contribution in [0.25, 0.3) is 0 Å². The summed E-state index contributed by atoms with van der Waals surface area (Å²) in [6, 6.07) is -0.611. The SMILES string of the molecule is O=C(O)C1=NOC(C(=O)NC2C=CS(=O)(=O)C2)C1. The molecule has 0 aliphatic carbocycles. The van der Waals surface area contributed by atoms with Crippen molar-refractivity contribution in [3.63, 3.8) is 0 Å². The first kappa shape index (κ1) is 12.6. The molecular weight excluding hydrogens is 264 g/mol. The normalized spacial score (nSPS) is 28.6. The topological polar surface area (TPSA) is 122 Å². The number of nitrogens with zero attached hydrogens (tertiary/aromatic N) is 1. The fourth-order valence-corrected chi connectivity index (χ4v) is 2.82. The van der Waals surface area contributed by atoms with E-state index in [1.165, 1.54) is 6.08 Å². The van der Waals surface area contributed by atoms with Crippen LogP contribution in [0.2, 0.25) is 0 Å². The van der Waals surface area contributed by atoms with Crippen molar-refractivity contribution < 1.29 is 28.0 Å². The highest BCUT2D eigenvalue weighted by molar-refractivity contribution is 7.94. The zero-order valence-corrected chi connectivity index (χ0v) is 9.88. The molecule has 9 heteroatoms. The lowest BCUT2D eigenvalue weighted by molar-refractivity contribution is -0.131. The second kappa shape index (κ2) is 4.41. The van der Waals surface area contributed by atoms with Gasteiger partial charge in [0, 0.05) is 11.8 Å². The van der Waals surface area contributed by atoms with Gasteiger partial charge in [0.2, 0.25) is 6.10 Å². The molecule has 2 aliphatic rings. The molecule has 2 unspecified atom stereocenters. The Morgan fingerprint density at radius 2 is 2.22 bits per heavy atom. The lowest BCUT2D eigenvalue weighted by Crippen LogP contribution is -2.42. The average Bonchev–Trinajstić information content (AvgIpc) is 2.85. The third kappa shape index (κ3) is 2.67. The van der Waals surface area contributed by atoms with Crippen LogP contribution in [0.15, 0.2) is 16.6 Å². The lowest BCUT2D eigenvalue weighted by Gasteiger charge is -2.12. The van der Waals surface area contributed by atoms with Gasteiger partial charge in [-0.05, 0) is 6.08 Å². The molecule has 2 aliphatic heterocycles. The average molecular weight is 274 g/mol. The molecule has 2 atom stereocenters. The smallest absolute Gasteiger partial charge is 0.353 e. The van der Waals surface area contributed by atoms with Crippen LogP contribution in [0.1, 0.15) is 6.42 Å². The van der Waals surface area contributed by atoms with E-state index in [0.29, 0.717) is 0 Å². The van der Waals surface area contributed by atoms with E-state index in [1.807, 2.05) is 0 Å². The van der Waals surface area contributed by atoms with Crippen LogP contribution in [0, 0.1) is 0 Å². The molecule has 2 N–H and O–H groups in total. The highest BCUT2D eigenvalue weighted by Gasteiger charge is 2.33. The summed E-state index contributed by atoms with van der Waals surface area (Å²) in [4.78, 5) is 26.9. The molecule has 0 aromatic heterocycles. The number of hydrogen-bond donors (Lipinski definition) is 2. The Morgan fingerprint density at radius 3 is 2.72 bits per heavy atom. The minimum atomic E-state index is -3.25. The van der Waals surface area contributed by atoms with E-state index in [-0.39, 0.29) is 17.9 Å². The largest absolute Gasteiger partial charge is 0.477 e. The van der Waals surface area contributed by atoms with E-state index in [9.17, 15) is 18.0 Å². The summed E-state index contributed by atoms with van der Waals surface area (Å²) >= 11 is 0. The number of oxime groups is 1. The summed E-state index contributed by atoms with van der Waals surface area (Å²) in [6.45, 7) is 0. The number of carbonyl (C=O) groups excluding carboxylic acids is 1. The Hall–Kier alpha value is -1.90. The molecular formula is C9H10N2O6S. The van der Waals surface area contributed by atoms with Gasteiger partial charge in [0.25, 0.3) is 5.91 Å². The standard InChI is InChI=1S/C9H10N2O6S/c12-8(7-3-6(9(13)14)11-17-7)10-5-1-2-18(15,16)4-5/h1-2,5,7H,3-4H2,(H,10,12)(H,13,14). The molecule has 0 bridgehead atoms. The monoisotopic (exact) mass is 274 g/mol. The van der Waals surface area contributed by atoms with Crippen LogP contribution in [0.5, 0.6) is 0 Å². The van der Waals surface area contributed by atoms with Crippen LogP contribution in [0.3, 0.4) is 0 Å². The van der Waals surface area contributed by atoms with E-state index in [0.717, 1.165) is 5.41 Å². The molecule has 0 spiro atoms. The van der Waals surface area contributed by atoms with Crippen LogP contribution in [-0.4, -0.2) is 49.0 Å². The van der Waals surface area contributed by atoms with Crippen molar-refractivity contribution in [2.45, 2.75) is 18.6 Å². The van der Waals surface area contributed by atoms with Gasteiger partial charge >= 0.3 is 5.97 Å². The molecule has 2 rings (SSSR count). The molecule has 8 nitrogen and oxygen atoms in total. The maximum Gasteiger partial charge on any atom is 0.353 e. The molecule has 0 aromatic carbocycles. The first-order valence-corrected chi connectivity index (χ1v) is 6.76. The Balaban J connectivity index is 1.88. The number of amides is 1. The van der Waals surface area contributed by atoms with Crippen molar-refractivity contribution >= 4 is 27.4 Å². The molecule has 0 saturated carbocycles. The van der Waals surface area contributed by atoms with Crippen molar-refractivity contribution in [2.75, 3.05) is 5.75 Å². The zero-order valence-electron chi connectivity index (χ0n) is 9.07. The van der Waals surface area contributed by atoms with Crippen LogP contribution >= 0.6 is 0 Å². The van der Waals surface area contributed by atoms with Crippen molar-refractivity contribution in [2.24, 2.45) is 5.16 Å². The predicted octanol–water partition coefficient (Wildman–Crippen LogP) is -1.36. The van der Waals surface area contributed by atoms with Crippen LogP contribution in [-0.2, 0) is 24.3 Å². The summed E-state index contributed by atoms with van der Waals surface area (Å²) in [5, 5.41) is 15.4. The Morgan fingerprint density at radius 1 is 1.50 bits per heavy atom. The third-order valence-electron chi connectivity index (χ3n) is 2.47. The van der Waals surface area contributed by atoms with Gasteiger partial charge in [0.05, 0.1) is 11.8 Å². The van der Waals surface area contributed by atoms with Gasteiger partial charge in [0.1, 0.15) is 0 Å². The van der Waals surface area contributed by atoms with Crippen LogP contribution in [0.4, 0.5) is 0 Å². The number of carboxylic acids is 1. The molecule has 18 heavy (non-hydrogen) atoms. The number of nitrogens with one attached hydrogen (secondary N) is 1. The van der Waals surface area contributed by atoms with Gasteiger partial charge in [-0.15, -0.1) is 0 Å². The summed E-state index contributed by atoms with van der Waals surface area (Å²) in [7, 11) is -3.25. The van der Waals surface area contributed by atoms with Crippen LogP contribution < -0.4 is 5.32 Å². The van der Waals surface area contributed by atoms with E-state index in [1.54, 1.807) is 0 Å². The van der Waals surface area contributed by atoms with Gasteiger partial charge in [-0.2, -0.15) is 0 Å². The predicted molar refractivity (Wildman–Crippen MR) is 59.4 cm³/mol. The lowest BCUT2D eigenvalue weighted by atomic mass is 10.1. The number of hydrogen-bond acceptors (Lipinski definition) is 6. The van der Waals surface area contributed by atoms with E-state index in [4.69, 9.17) is 5.11 Å². The van der Waals surface area contributed by atoms with E-state index < -0.39 is 33.9 Å². The Bertz CT molecular complexity index is 549. The molecule has 0 aromatic rings. The number of sulfone groups is 1. The number of aliphatic carboxylic acids is 1. The second-order valence-corrected chi connectivity index (χ2v) is 5.85. The summed E-state index contributed by atoms with van der Waals surface area (Å²) < 4.78 is 22.2. The van der Waals surface area contributed by atoms with Gasteiger partial charge in [-0.3, -0.25) is 4.79 Å². The molecule has 0 radical (unpaired) electrons. The second-order valence-electron chi connectivity index (χ2n) is 3.91. The van der Waals surface area contributed by atoms with Gasteiger partial charge < -0.3 is 15.3 Å². The fraction of sp³-hybridized carbons (Fsp3) is 0.444. The van der Waals surface area contributed by atoms with Crippen molar-refractivity contribution in [1.82, 2.24) is 5.32 Å². The molecule has 0 fully saturated rings. The summed E-state index contributed by atoms with van der Waals surface area (Å²) in [6.07, 6.45) is 0.207. The number of rotatable bonds is 3. The van der Waals surface area contributed by atoms with Crippen molar-refractivity contribution in [1.29, 1.82) is 0 Å². The van der Waals surface area contributed by atoms with E-state index >= 15 is 0 Å². The number of carboxylic acid groups (broad SMARTS) is 1. The number of carbonyl (C=O) groups is 2. The highest BCUT2D eigenvalue weighted by Crippen LogP contribution is 2.13. The first-order chi connectivity index (χ1) is 8.37. The minimum absolute atomic E-state index is 0.135. The fourth-order valence-electron chi connectivity index (χ4n) is 1.59. The first-order valence-electron chi connectivity index (χ1n) is 5.05. The maximum absolute atomic E-state index is 11.6. The quantitative estimate of drug-likeness (QED) is 0.655. The summed E-state index contributed by atoms with van der Waals surface area (Å²) in [5.41, 5.74) is -0.232. The minimum Gasteiger partial charge on any atom is -0.477 e. The van der Waals surface area contributed by atoms with Gasteiger partial charge in [-0.25, -0.2) is 13.2 Å². The van der Waals surface area contributed by atoms with Gasteiger partial charge in [0.15, 0.2) is 15.5 Å². The molecule has 2 heterocycles. The highest BCUT2D eigenvalue weighted by atomic mass is 32.2. The van der Waals surface area contributed by atoms with Crippen molar-refractivity contribution in [3.05, 3.63) is 11.5 Å². The van der Waals surface area contributed by atoms with Gasteiger partial charge in [-0.1, -0.05) is 5.16 Å². The Labute approximate surface area is 102 Å². The van der Waals surface area contributed by atoms with E-state index in [2.05, 4.69) is 15.3 Å². The van der Waals surface area contributed by atoms with Crippen molar-refractivity contribution in [3.8, 4) is 0 Å². The third-order valence-corrected chi connectivity index (χ3v) is 3.86.